The molecule has 1 aliphatic heterocycles. The van der Waals surface area contributed by atoms with Crippen molar-refractivity contribution in [3.63, 3.8) is 0 Å². The minimum Gasteiger partial charge on any atom is -0.497 e. The molecule has 0 saturated carbocycles. The summed E-state index contributed by atoms with van der Waals surface area (Å²) in [6.07, 6.45) is 0. The molecule has 6 nitrogen and oxygen atoms in total. The Hall–Kier alpha value is -2.09. The van der Waals surface area contributed by atoms with Gasteiger partial charge in [0, 0.05) is 32.7 Å². The van der Waals surface area contributed by atoms with Crippen LogP contribution in [0.3, 0.4) is 0 Å². The van der Waals surface area contributed by atoms with Crippen LogP contribution in [0, 0.1) is 6.92 Å². The van der Waals surface area contributed by atoms with Crippen LogP contribution in [0.4, 0.5) is 0 Å². The first kappa shape index (κ1) is 19.7. The summed E-state index contributed by atoms with van der Waals surface area (Å²) >= 11 is 0. The molecule has 27 heavy (non-hydrogen) atoms. The predicted octanol–water partition coefficient (Wildman–Crippen LogP) is 2.39. The van der Waals surface area contributed by atoms with E-state index in [2.05, 4.69) is 4.90 Å². The zero-order chi connectivity index (χ0) is 19.3. The quantitative estimate of drug-likeness (QED) is 0.727. The molecule has 0 amide bonds. The average molecular weight is 391 g/mol. The molecule has 2 aromatic carbocycles. The highest BCUT2D eigenvalue weighted by Gasteiger charge is 2.28. The van der Waals surface area contributed by atoms with Gasteiger partial charge in [-0.3, -0.25) is 4.90 Å². The highest BCUT2D eigenvalue weighted by molar-refractivity contribution is 7.89. The highest BCUT2D eigenvalue weighted by atomic mass is 32.2. The van der Waals surface area contributed by atoms with E-state index in [1.165, 1.54) is 0 Å². The molecule has 3 rings (SSSR count). The van der Waals surface area contributed by atoms with Gasteiger partial charge in [-0.15, -0.1) is 0 Å². The number of benzene rings is 2. The van der Waals surface area contributed by atoms with Gasteiger partial charge in [0.2, 0.25) is 10.0 Å². The first-order chi connectivity index (χ1) is 13.0. The molecule has 146 valence electrons. The number of hydrogen-bond donors (Lipinski definition) is 0. The molecule has 0 aliphatic carbocycles. The van der Waals surface area contributed by atoms with Crippen molar-refractivity contribution in [2.45, 2.75) is 11.8 Å². The lowest BCUT2D eigenvalue weighted by Crippen LogP contribution is -2.49. The number of nitrogens with zero attached hydrogens (tertiary/aromatic N) is 2. The minimum absolute atomic E-state index is 0.374. The van der Waals surface area contributed by atoms with E-state index in [0.717, 1.165) is 23.6 Å². The second kappa shape index (κ2) is 8.73. The molecule has 0 spiro atoms. The number of rotatable bonds is 7. The number of sulfonamides is 1. The van der Waals surface area contributed by atoms with Crippen LogP contribution in [0.25, 0.3) is 0 Å². The van der Waals surface area contributed by atoms with Gasteiger partial charge in [0.1, 0.15) is 18.1 Å². The van der Waals surface area contributed by atoms with Gasteiger partial charge in [-0.1, -0.05) is 12.1 Å². The molecule has 7 heteroatoms. The van der Waals surface area contributed by atoms with Crippen molar-refractivity contribution in [2.24, 2.45) is 0 Å². The molecule has 1 heterocycles. The molecule has 1 fully saturated rings. The lowest BCUT2D eigenvalue weighted by atomic mass is 10.2. The van der Waals surface area contributed by atoms with Crippen molar-refractivity contribution < 1.29 is 17.9 Å². The first-order valence-corrected chi connectivity index (χ1v) is 10.5. The molecular formula is C20H26N2O4S. The highest BCUT2D eigenvalue weighted by Crippen LogP contribution is 2.19. The van der Waals surface area contributed by atoms with Crippen molar-refractivity contribution in [3.8, 4) is 11.5 Å². The van der Waals surface area contributed by atoms with Crippen LogP contribution in [0.15, 0.2) is 53.4 Å². The van der Waals surface area contributed by atoms with Crippen LogP contribution in [-0.4, -0.2) is 64.1 Å². The Morgan fingerprint density at radius 1 is 0.963 bits per heavy atom. The smallest absolute Gasteiger partial charge is 0.243 e. The third-order valence-corrected chi connectivity index (χ3v) is 6.59. The molecule has 0 aromatic heterocycles. The Balaban J connectivity index is 1.47. The normalized spacial score (nSPS) is 16.2. The van der Waals surface area contributed by atoms with Gasteiger partial charge in [-0.05, 0) is 48.9 Å². The number of hydrogen-bond acceptors (Lipinski definition) is 5. The molecule has 0 unspecified atom stereocenters. The van der Waals surface area contributed by atoms with E-state index in [9.17, 15) is 8.42 Å². The molecule has 0 bridgehead atoms. The van der Waals surface area contributed by atoms with Gasteiger partial charge in [0.15, 0.2) is 0 Å². The van der Waals surface area contributed by atoms with Crippen molar-refractivity contribution in [2.75, 3.05) is 46.4 Å². The van der Waals surface area contributed by atoms with Crippen LogP contribution in [-0.2, 0) is 10.0 Å². The average Bonchev–Trinajstić information content (AvgIpc) is 2.69. The summed E-state index contributed by atoms with van der Waals surface area (Å²) < 4.78 is 38.0. The maximum Gasteiger partial charge on any atom is 0.243 e. The van der Waals surface area contributed by atoms with Crippen molar-refractivity contribution in [1.82, 2.24) is 9.21 Å². The van der Waals surface area contributed by atoms with Gasteiger partial charge < -0.3 is 9.47 Å². The third-order valence-electron chi connectivity index (χ3n) is 4.69. The number of ether oxygens (including phenoxy) is 2. The maximum absolute atomic E-state index is 12.8. The zero-order valence-corrected chi connectivity index (χ0v) is 16.6. The Bertz CT molecular complexity index is 845. The summed E-state index contributed by atoms with van der Waals surface area (Å²) in [7, 11) is -1.78. The van der Waals surface area contributed by atoms with Gasteiger partial charge >= 0.3 is 0 Å². The van der Waals surface area contributed by atoms with Crippen LogP contribution in [0.1, 0.15) is 5.56 Å². The number of piperazine rings is 1. The summed E-state index contributed by atoms with van der Waals surface area (Å²) in [5.74, 6) is 1.60. The lowest BCUT2D eigenvalue weighted by molar-refractivity contribution is 0.159. The molecule has 2 aromatic rings. The minimum atomic E-state index is -3.41. The maximum atomic E-state index is 12.8. The third kappa shape index (κ3) is 5.00. The van der Waals surface area contributed by atoms with E-state index < -0.39 is 10.0 Å². The molecular weight excluding hydrogens is 364 g/mol. The molecule has 0 N–H and O–H groups in total. The van der Waals surface area contributed by atoms with Crippen molar-refractivity contribution >= 4 is 10.0 Å². The van der Waals surface area contributed by atoms with Crippen LogP contribution in [0.5, 0.6) is 11.5 Å². The van der Waals surface area contributed by atoms with E-state index in [1.54, 1.807) is 29.6 Å². The van der Waals surface area contributed by atoms with Crippen LogP contribution < -0.4 is 9.47 Å². The first-order valence-electron chi connectivity index (χ1n) is 9.05. The lowest BCUT2D eigenvalue weighted by Gasteiger charge is -2.33. The zero-order valence-electron chi connectivity index (χ0n) is 15.8. The van der Waals surface area contributed by atoms with Gasteiger partial charge in [0.25, 0.3) is 0 Å². The number of methoxy groups -OCH3 is 1. The Labute approximate surface area is 161 Å². The Morgan fingerprint density at radius 3 is 2.26 bits per heavy atom. The van der Waals surface area contributed by atoms with Crippen molar-refractivity contribution in [3.05, 3.63) is 54.1 Å². The molecule has 1 saturated heterocycles. The molecule has 1 aliphatic rings. The summed E-state index contributed by atoms with van der Waals surface area (Å²) in [6.45, 7) is 5.65. The number of aryl methyl sites for hydroxylation is 1. The summed E-state index contributed by atoms with van der Waals surface area (Å²) in [6, 6.07) is 14.6. The monoisotopic (exact) mass is 390 g/mol. The van der Waals surface area contributed by atoms with E-state index in [-0.39, 0.29) is 0 Å². The fraction of sp³-hybridized carbons (Fsp3) is 0.400. The predicted molar refractivity (Wildman–Crippen MR) is 105 cm³/mol. The van der Waals surface area contributed by atoms with Crippen molar-refractivity contribution in [1.29, 1.82) is 0 Å². The van der Waals surface area contributed by atoms with E-state index in [1.807, 2.05) is 37.3 Å². The second-order valence-corrected chi connectivity index (χ2v) is 8.52. The van der Waals surface area contributed by atoms with Crippen LogP contribution in [0.2, 0.25) is 0 Å². The second-order valence-electron chi connectivity index (χ2n) is 6.59. The molecule has 0 radical (unpaired) electrons. The van der Waals surface area contributed by atoms with E-state index in [4.69, 9.17) is 9.47 Å². The van der Waals surface area contributed by atoms with Gasteiger partial charge in [0.05, 0.1) is 12.0 Å². The van der Waals surface area contributed by atoms with Crippen LogP contribution >= 0.6 is 0 Å². The largest absolute Gasteiger partial charge is 0.497 e. The van der Waals surface area contributed by atoms with E-state index >= 15 is 0 Å². The fourth-order valence-electron chi connectivity index (χ4n) is 3.08. The summed E-state index contributed by atoms with van der Waals surface area (Å²) in [5.41, 5.74) is 0.949. The van der Waals surface area contributed by atoms with E-state index in [0.29, 0.717) is 37.7 Å². The van der Waals surface area contributed by atoms with Gasteiger partial charge in [-0.2, -0.15) is 4.31 Å². The Kier molecular flexibility index (Phi) is 6.36. The topological polar surface area (TPSA) is 59.1 Å². The standard InChI is InChI=1S/C20H26N2O4S/c1-17-4-3-5-20(16-17)27(23,24)22-12-10-21(11-13-22)14-15-26-19-8-6-18(25-2)7-9-19/h3-9,16H,10-15H2,1-2H3. The van der Waals surface area contributed by atoms with Gasteiger partial charge in [-0.25, -0.2) is 8.42 Å². The SMILES string of the molecule is COc1ccc(OCCN2CCN(S(=O)(=O)c3cccc(C)c3)CC2)cc1. The Morgan fingerprint density at radius 2 is 1.63 bits per heavy atom. The fourth-order valence-corrected chi connectivity index (χ4v) is 4.61. The molecule has 0 atom stereocenters. The summed E-state index contributed by atoms with van der Waals surface area (Å²) in [5, 5.41) is 0. The summed E-state index contributed by atoms with van der Waals surface area (Å²) in [4.78, 5) is 2.60.